The van der Waals surface area contributed by atoms with Crippen LogP contribution >= 0.6 is 0 Å². The fourth-order valence-corrected chi connectivity index (χ4v) is 2.55. The van der Waals surface area contributed by atoms with Crippen molar-refractivity contribution < 1.29 is 19.4 Å². The van der Waals surface area contributed by atoms with Gasteiger partial charge in [-0.2, -0.15) is 0 Å². The molecule has 0 spiro atoms. The average molecular weight is 271 g/mol. The third-order valence-corrected chi connectivity index (χ3v) is 3.68. The first-order chi connectivity index (χ1) is 9.06. The molecule has 5 nitrogen and oxygen atoms in total. The SMILES string of the molecule is CCCOC(=O)CN(C1CCCCC1)[C@@H](C)C(=O)O. The second-order valence-electron chi connectivity index (χ2n) is 5.20. The predicted molar refractivity (Wildman–Crippen MR) is 71.9 cm³/mol. The first kappa shape index (κ1) is 16.0. The molecule has 0 aromatic heterocycles. The molecule has 1 saturated carbocycles. The molecule has 0 saturated heterocycles. The number of rotatable bonds is 7. The molecule has 0 heterocycles. The van der Waals surface area contributed by atoms with Crippen LogP contribution in [-0.2, 0) is 14.3 Å². The van der Waals surface area contributed by atoms with Crippen molar-refractivity contribution in [3.63, 3.8) is 0 Å². The van der Waals surface area contributed by atoms with Gasteiger partial charge in [-0.25, -0.2) is 0 Å². The molecule has 110 valence electrons. The molecular formula is C14H25NO4. The zero-order valence-electron chi connectivity index (χ0n) is 11.9. The van der Waals surface area contributed by atoms with Crippen molar-refractivity contribution in [1.29, 1.82) is 0 Å². The van der Waals surface area contributed by atoms with Crippen LogP contribution in [0.2, 0.25) is 0 Å². The summed E-state index contributed by atoms with van der Waals surface area (Å²) in [4.78, 5) is 24.7. The van der Waals surface area contributed by atoms with Gasteiger partial charge in [0.05, 0.1) is 13.2 Å². The van der Waals surface area contributed by atoms with Gasteiger partial charge in [0.25, 0.3) is 0 Å². The summed E-state index contributed by atoms with van der Waals surface area (Å²) in [5, 5.41) is 9.18. The Morgan fingerprint density at radius 2 is 1.95 bits per heavy atom. The molecule has 0 bridgehead atoms. The van der Waals surface area contributed by atoms with Crippen molar-refractivity contribution in [1.82, 2.24) is 4.90 Å². The minimum Gasteiger partial charge on any atom is -0.480 e. The van der Waals surface area contributed by atoms with Crippen LogP contribution in [0, 0.1) is 0 Å². The maximum atomic E-state index is 11.7. The van der Waals surface area contributed by atoms with E-state index in [2.05, 4.69) is 0 Å². The monoisotopic (exact) mass is 271 g/mol. The van der Waals surface area contributed by atoms with Crippen LogP contribution < -0.4 is 0 Å². The lowest BCUT2D eigenvalue weighted by Crippen LogP contribution is -2.49. The summed E-state index contributed by atoms with van der Waals surface area (Å²) in [6, 6.07) is -0.452. The Hall–Kier alpha value is -1.10. The van der Waals surface area contributed by atoms with E-state index in [1.165, 1.54) is 6.42 Å². The number of hydrogen-bond donors (Lipinski definition) is 1. The summed E-state index contributed by atoms with van der Waals surface area (Å²) < 4.78 is 5.07. The molecular weight excluding hydrogens is 246 g/mol. The zero-order chi connectivity index (χ0) is 14.3. The van der Waals surface area contributed by atoms with E-state index in [1.54, 1.807) is 11.8 Å². The molecule has 0 amide bonds. The number of carboxylic acids is 1. The standard InChI is InChI=1S/C14H25NO4/c1-3-9-19-13(16)10-15(11(2)14(17)18)12-7-5-4-6-8-12/h11-12H,3-10H2,1-2H3,(H,17,18)/t11-/m0/s1. The Kier molecular flexibility index (Phi) is 6.84. The number of esters is 1. The largest absolute Gasteiger partial charge is 0.480 e. The van der Waals surface area contributed by atoms with E-state index < -0.39 is 12.0 Å². The van der Waals surface area contributed by atoms with Gasteiger partial charge in [0, 0.05) is 6.04 Å². The van der Waals surface area contributed by atoms with Crippen molar-refractivity contribution in [2.24, 2.45) is 0 Å². The molecule has 0 radical (unpaired) electrons. The maximum absolute atomic E-state index is 11.7. The van der Waals surface area contributed by atoms with Crippen molar-refractivity contribution in [3.05, 3.63) is 0 Å². The first-order valence-electron chi connectivity index (χ1n) is 7.20. The lowest BCUT2D eigenvalue weighted by molar-refractivity contribution is -0.150. The van der Waals surface area contributed by atoms with E-state index in [1.807, 2.05) is 6.92 Å². The van der Waals surface area contributed by atoms with Gasteiger partial charge in [-0.3, -0.25) is 14.5 Å². The smallest absolute Gasteiger partial charge is 0.320 e. The van der Waals surface area contributed by atoms with Crippen LogP contribution in [0.15, 0.2) is 0 Å². The molecule has 1 aliphatic rings. The van der Waals surface area contributed by atoms with Crippen molar-refractivity contribution in [3.8, 4) is 0 Å². The number of aliphatic carboxylic acids is 1. The molecule has 0 unspecified atom stereocenters. The van der Waals surface area contributed by atoms with E-state index >= 15 is 0 Å². The zero-order valence-corrected chi connectivity index (χ0v) is 11.9. The molecule has 0 aromatic carbocycles. The van der Waals surface area contributed by atoms with Crippen LogP contribution in [0.4, 0.5) is 0 Å². The van der Waals surface area contributed by atoms with Gasteiger partial charge in [-0.1, -0.05) is 26.2 Å². The van der Waals surface area contributed by atoms with Crippen molar-refractivity contribution in [2.75, 3.05) is 13.2 Å². The highest BCUT2D eigenvalue weighted by molar-refractivity contribution is 5.76. The van der Waals surface area contributed by atoms with E-state index in [4.69, 9.17) is 4.74 Å². The fraction of sp³-hybridized carbons (Fsp3) is 0.857. The Balaban J connectivity index is 2.62. The van der Waals surface area contributed by atoms with Gasteiger partial charge in [0.2, 0.25) is 0 Å². The van der Waals surface area contributed by atoms with Crippen LogP contribution in [-0.4, -0.2) is 47.2 Å². The maximum Gasteiger partial charge on any atom is 0.320 e. The predicted octanol–water partition coefficient (Wildman–Crippen LogP) is 2.05. The summed E-state index contributed by atoms with van der Waals surface area (Å²) in [6.45, 7) is 4.06. The quantitative estimate of drug-likeness (QED) is 0.718. The Labute approximate surface area is 114 Å². The van der Waals surface area contributed by atoms with Gasteiger partial charge in [-0.15, -0.1) is 0 Å². The number of carboxylic acid groups (broad SMARTS) is 1. The fourth-order valence-electron chi connectivity index (χ4n) is 2.55. The Morgan fingerprint density at radius 3 is 2.47 bits per heavy atom. The van der Waals surface area contributed by atoms with Crippen molar-refractivity contribution >= 4 is 11.9 Å². The van der Waals surface area contributed by atoms with Gasteiger partial charge < -0.3 is 9.84 Å². The van der Waals surface area contributed by atoms with E-state index in [9.17, 15) is 14.7 Å². The summed E-state index contributed by atoms with van der Waals surface area (Å²) in [5.41, 5.74) is 0. The second-order valence-corrected chi connectivity index (χ2v) is 5.20. The van der Waals surface area contributed by atoms with Crippen LogP contribution in [0.5, 0.6) is 0 Å². The average Bonchev–Trinajstić information content (AvgIpc) is 2.42. The first-order valence-corrected chi connectivity index (χ1v) is 7.20. The third-order valence-electron chi connectivity index (χ3n) is 3.68. The lowest BCUT2D eigenvalue weighted by Gasteiger charge is -2.36. The number of ether oxygens (including phenoxy) is 1. The lowest BCUT2D eigenvalue weighted by atomic mass is 9.93. The van der Waals surface area contributed by atoms with Crippen LogP contribution in [0.25, 0.3) is 0 Å². The molecule has 1 fully saturated rings. The highest BCUT2D eigenvalue weighted by Gasteiger charge is 2.30. The summed E-state index contributed by atoms with van der Waals surface area (Å²) in [7, 11) is 0. The van der Waals surface area contributed by atoms with Gasteiger partial charge in [0.15, 0.2) is 0 Å². The number of carbonyl (C=O) groups is 2. The Morgan fingerprint density at radius 1 is 1.32 bits per heavy atom. The Bertz CT molecular complexity index is 300. The van der Waals surface area contributed by atoms with E-state index in [0.717, 1.165) is 32.1 Å². The van der Waals surface area contributed by atoms with Gasteiger partial charge in [0.1, 0.15) is 6.04 Å². The molecule has 0 aliphatic heterocycles. The highest BCUT2D eigenvalue weighted by atomic mass is 16.5. The molecule has 1 rings (SSSR count). The van der Waals surface area contributed by atoms with Gasteiger partial charge in [-0.05, 0) is 26.2 Å². The number of hydrogen-bond acceptors (Lipinski definition) is 4. The number of carbonyl (C=O) groups excluding carboxylic acids is 1. The minimum atomic E-state index is -0.881. The molecule has 5 heteroatoms. The normalized spacial score (nSPS) is 18.3. The topological polar surface area (TPSA) is 66.8 Å². The summed E-state index contributed by atoms with van der Waals surface area (Å²) in [5.74, 6) is -1.20. The van der Waals surface area contributed by atoms with Crippen LogP contribution in [0.1, 0.15) is 52.4 Å². The third kappa shape index (κ3) is 5.19. The second kappa shape index (κ2) is 8.15. The summed E-state index contributed by atoms with van der Waals surface area (Å²) >= 11 is 0. The van der Waals surface area contributed by atoms with Crippen molar-refractivity contribution in [2.45, 2.75) is 64.5 Å². The van der Waals surface area contributed by atoms with Crippen LogP contribution in [0.3, 0.4) is 0 Å². The summed E-state index contributed by atoms with van der Waals surface area (Å²) in [6.07, 6.45) is 6.14. The highest BCUT2D eigenvalue weighted by Crippen LogP contribution is 2.24. The van der Waals surface area contributed by atoms with E-state index in [-0.39, 0.29) is 18.6 Å². The number of nitrogens with zero attached hydrogens (tertiary/aromatic N) is 1. The minimum absolute atomic E-state index is 0.0815. The molecule has 1 atom stereocenters. The molecule has 1 N–H and O–H groups in total. The molecule has 1 aliphatic carbocycles. The van der Waals surface area contributed by atoms with Gasteiger partial charge >= 0.3 is 11.9 Å². The van der Waals surface area contributed by atoms with E-state index in [0.29, 0.717) is 6.61 Å². The molecule has 19 heavy (non-hydrogen) atoms. The molecule has 0 aromatic rings.